The highest BCUT2D eigenvalue weighted by atomic mass is 32.1. The summed E-state index contributed by atoms with van der Waals surface area (Å²) in [6.45, 7) is 8.43. The lowest BCUT2D eigenvalue weighted by molar-refractivity contribution is -0.129. The van der Waals surface area contributed by atoms with E-state index in [0.29, 0.717) is 22.6 Å². The van der Waals surface area contributed by atoms with Crippen molar-refractivity contribution in [2.75, 3.05) is 26.9 Å². The molecule has 12 heteroatoms. The van der Waals surface area contributed by atoms with E-state index in [2.05, 4.69) is 11.6 Å². The van der Waals surface area contributed by atoms with Gasteiger partial charge in [-0.15, -0.1) is 11.3 Å². The van der Waals surface area contributed by atoms with Gasteiger partial charge in [0, 0.05) is 42.6 Å². The van der Waals surface area contributed by atoms with E-state index in [-0.39, 0.29) is 59.2 Å². The van der Waals surface area contributed by atoms with Crippen LogP contribution in [0.1, 0.15) is 31.6 Å². The Kier molecular flexibility index (Phi) is 7.85. The summed E-state index contributed by atoms with van der Waals surface area (Å²) in [5.74, 6) is -1.06. The van der Waals surface area contributed by atoms with Crippen molar-refractivity contribution in [1.82, 2.24) is 29.2 Å². The van der Waals surface area contributed by atoms with Crippen LogP contribution in [-0.2, 0) is 16.6 Å². The van der Waals surface area contributed by atoms with Gasteiger partial charge in [0.25, 0.3) is 0 Å². The summed E-state index contributed by atoms with van der Waals surface area (Å²) in [5.41, 5.74) is 4.75. The quantitative estimate of drug-likeness (QED) is 0.126. The van der Waals surface area contributed by atoms with Crippen LogP contribution >= 0.6 is 11.3 Å². The van der Waals surface area contributed by atoms with Crippen molar-refractivity contribution in [3.8, 4) is 39.5 Å². The number of methoxy groups -OCH3 is 1. The van der Waals surface area contributed by atoms with Crippen molar-refractivity contribution in [3.05, 3.63) is 84.2 Å². The molecule has 1 aliphatic rings. The van der Waals surface area contributed by atoms with Crippen molar-refractivity contribution in [3.63, 3.8) is 0 Å². The highest BCUT2D eigenvalue weighted by molar-refractivity contribution is 7.17. The van der Waals surface area contributed by atoms with Crippen LogP contribution in [-0.4, -0.2) is 62.0 Å². The van der Waals surface area contributed by atoms with Crippen LogP contribution in [0.5, 0.6) is 5.75 Å². The maximum Gasteiger partial charge on any atom is 0.246 e. The van der Waals surface area contributed by atoms with Crippen molar-refractivity contribution in [2.45, 2.75) is 25.9 Å². The number of hydrogen-bond acceptors (Lipinski definition) is 7. The number of ether oxygens (including phenoxy) is 2. The van der Waals surface area contributed by atoms with E-state index < -0.39 is 11.6 Å². The molecule has 0 aliphatic carbocycles. The Bertz CT molecular complexity index is 2190. The second-order valence-electron chi connectivity index (χ2n) is 11.6. The minimum absolute atomic E-state index is 0.0793. The normalized spacial score (nSPS) is 16.2. The largest absolute Gasteiger partial charge is 0.490 e. The zero-order chi connectivity index (χ0) is 33.0. The van der Waals surface area contributed by atoms with Crippen LogP contribution < -0.4 is 4.74 Å². The molecule has 1 amide bonds. The molecular formula is C35H32F2N6O3S. The molecule has 0 radical (unpaired) electrons. The predicted molar refractivity (Wildman–Crippen MR) is 178 cm³/mol. The lowest BCUT2D eigenvalue weighted by Gasteiger charge is -2.36. The molecular weight excluding hydrogens is 622 g/mol. The molecule has 7 rings (SSSR count). The molecule has 0 saturated heterocycles. The third kappa shape index (κ3) is 5.08. The van der Waals surface area contributed by atoms with Gasteiger partial charge in [0.1, 0.15) is 35.4 Å². The summed E-state index contributed by atoms with van der Waals surface area (Å²) in [6.07, 6.45) is 3.04. The first-order valence-electron chi connectivity index (χ1n) is 15.2. The van der Waals surface area contributed by atoms with Crippen LogP contribution in [0, 0.1) is 11.6 Å². The maximum atomic E-state index is 16.1. The number of rotatable bonds is 8. The number of imidazole rings is 1. The average Bonchev–Trinajstić information content (AvgIpc) is 3.79. The SMILES string of the molecule is C=CC(=O)N1C[C@H](C)n2nc(-c3nc(-c4ccc5c(c4)ncn5C)c4scc(F)c4c3-c3c(F)cccc3OCCOC)cc2[C@H]1C. The van der Waals surface area contributed by atoms with Gasteiger partial charge < -0.3 is 18.9 Å². The number of thiophene rings is 1. The van der Waals surface area contributed by atoms with Gasteiger partial charge in [0.05, 0.1) is 57.7 Å². The summed E-state index contributed by atoms with van der Waals surface area (Å²) >= 11 is 1.20. The summed E-state index contributed by atoms with van der Waals surface area (Å²) in [6, 6.07) is 11.7. The van der Waals surface area contributed by atoms with Crippen LogP contribution in [0.15, 0.2) is 66.8 Å². The lowest BCUT2D eigenvalue weighted by Crippen LogP contribution is -2.42. The minimum atomic E-state index is -0.592. The topological polar surface area (TPSA) is 87.3 Å². The second-order valence-corrected chi connectivity index (χ2v) is 12.5. The van der Waals surface area contributed by atoms with E-state index in [4.69, 9.17) is 19.6 Å². The van der Waals surface area contributed by atoms with Gasteiger partial charge in [-0.1, -0.05) is 18.7 Å². The highest BCUT2D eigenvalue weighted by Gasteiger charge is 2.34. The third-order valence-electron chi connectivity index (χ3n) is 8.68. The van der Waals surface area contributed by atoms with Crippen LogP contribution in [0.25, 0.3) is 54.9 Å². The maximum absolute atomic E-state index is 16.1. The molecule has 0 N–H and O–H groups in total. The van der Waals surface area contributed by atoms with E-state index in [1.165, 1.54) is 28.9 Å². The van der Waals surface area contributed by atoms with Crippen molar-refractivity contribution < 1.29 is 23.0 Å². The summed E-state index contributed by atoms with van der Waals surface area (Å²) in [4.78, 5) is 24.2. The molecule has 9 nitrogen and oxygen atoms in total. The van der Waals surface area contributed by atoms with E-state index >= 15 is 8.78 Å². The first-order chi connectivity index (χ1) is 22.7. The molecule has 0 fully saturated rings. The molecule has 47 heavy (non-hydrogen) atoms. The number of pyridine rings is 1. The molecule has 6 aromatic rings. The van der Waals surface area contributed by atoms with Gasteiger partial charge in [-0.2, -0.15) is 5.10 Å². The number of hydrogen-bond donors (Lipinski definition) is 0. The van der Waals surface area contributed by atoms with Gasteiger partial charge >= 0.3 is 0 Å². The Labute approximate surface area is 273 Å². The van der Waals surface area contributed by atoms with Crippen LogP contribution in [0.2, 0.25) is 0 Å². The number of carbonyl (C=O) groups excluding carboxylic acids is 1. The smallest absolute Gasteiger partial charge is 0.246 e. The zero-order valence-corrected chi connectivity index (χ0v) is 27.1. The number of nitrogens with zero attached hydrogens (tertiary/aromatic N) is 6. The Balaban J connectivity index is 1.53. The summed E-state index contributed by atoms with van der Waals surface area (Å²) < 4.78 is 47.7. The standard InChI is InChI=1S/C35H32F2N6O3S/c1-6-29(44)42-16-19(2)43-27(20(42)3)15-25(40-43)34-32(30-22(36)8-7-9-28(30)46-13-12-45-5)31-23(37)17-47-35(31)33(39-34)21-10-11-26-24(14-21)38-18-41(26)4/h6-11,14-15,17-20H,1,12-13,16H2,2-5H3/t19-,20+/m0/s1. The van der Waals surface area contributed by atoms with Gasteiger partial charge in [0.2, 0.25) is 5.91 Å². The Morgan fingerprint density at radius 2 is 1.94 bits per heavy atom. The minimum Gasteiger partial charge on any atom is -0.490 e. The first-order valence-corrected chi connectivity index (χ1v) is 16.0. The predicted octanol–water partition coefficient (Wildman–Crippen LogP) is 7.33. The monoisotopic (exact) mass is 654 g/mol. The van der Waals surface area contributed by atoms with Gasteiger partial charge in [-0.3, -0.25) is 9.48 Å². The molecule has 1 aliphatic heterocycles. The number of fused-ring (bicyclic) bond motifs is 3. The average molecular weight is 655 g/mol. The summed E-state index contributed by atoms with van der Waals surface area (Å²) in [7, 11) is 3.47. The Morgan fingerprint density at radius 1 is 1.11 bits per heavy atom. The highest BCUT2D eigenvalue weighted by Crippen LogP contribution is 2.48. The first kappa shape index (κ1) is 30.7. The van der Waals surface area contributed by atoms with Gasteiger partial charge in [-0.25, -0.2) is 18.7 Å². The fourth-order valence-corrected chi connectivity index (χ4v) is 7.29. The molecule has 2 aromatic carbocycles. The van der Waals surface area contributed by atoms with E-state index in [1.54, 1.807) is 30.5 Å². The third-order valence-corrected chi connectivity index (χ3v) is 9.64. The number of benzene rings is 2. The van der Waals surface area contributed by atoms with E-state index in [0.717, 1.165) is 22.3 Å². The van der Waals surface area contributed by atoms with Gasteiger partial charge in [0.15, 0.2) is 0 Å². The molecule has 240 valence electrons. The van der Waals surface area contributed by atoms with Crippen LogP contribution in [0.3, 0.4) is 0 Å². The Hall–Kier alpha value is -4.94. The molecule has 0 bridgehead atoms. The zero-order valence-electron chi connectivity index (χ0n) is 26.3. The lowest BCUT2D eigenvalue weighted by atomic mass is 9.95. The van der Waals surface area contributed by atoms with Crippen molar-refractivity contribution >= 4 is 38.4 Å². The number of halogens is 2. The second kappa shape index (κ2) is 12.0. The molecule has 0 spiro atoms. The molecule has 2 atom stereocenters. The molecule has 5 heterocycles. The van der Waals surface area contributed by atoms with Crippen LogP contribution in [0.4, 0.5) is 8.78 Å². The van der Waals surface area contributed by atoms with Crippen molar-refractivity contribution in [2.24, 2.45) is 7.05 Å². The molecule has 0 saturated carbocycles. The van der Waals surface area contributed by atoms with E-state index in [1.807, 2.05) is 54.4 Å². The molecule has 0 unspecified atom stereocenters. The van der Waals surface area contributed by atoms with E-state index in [9.17, 15) is 4.79 Å². The summed E-state index contributed by atoms with van der Waals surface area (Å²) in [5, 5.41) is 6.60. The number of carbonyl (C=O) groups is 1. The number of aryl methyl sites for hydroxylation is 1. The van der Waals surface area contributed by atoms with Crippen molar-refractivity contribution in [1.29, 1.82) is 0 Å². The Morgan fingerprint density at radius 3 is 2.72 bits per heavy atom. The fraction of sp³-hybridized carbons (Fsp3) is 0.257. The fourth-order valence-electron chi connectivity index (χ4n) is 6.36. The number of amides is 1. The number of aromatic nitrogens is 5. The molecule has 4 aromatic heterocycles. The van der Waals surface area contributed by atoms with Gasteiger partial charge in [-0.05, 0) is 50.3 Å².